The van der Waals surface area contributed by atoms with Crippen molar-refractivity contribution in [1.82, 2.24) is 14.9 Å². The topological polar surface area (TPSA) is 67.2 Å². The highest BCUT2D eigenvalue weighted by atomic mass is 16.2. The van der Waals surface area contributed by atoms with Crippen molar-refractivity contribution in [3.63, 3.8) is 0 Å². The SMILES string of the molecule is Cc1nccn1CCCC(=O)NC(C)CCCO. The fourth-order valence-corrected chi connectivity index (χ4v) is 1.87. The van der Waals surface area contributed by atoms with Crippen molar-refractivity contribution in [2.45, 2.75) is 52.1 Å². The standard InChI is InChI=1S/C13H23N3O2/c1-11(5-4-10-17)15-13(18)6-3-8-16-9-7-14-12(16)2/h7,9,11,17H,3-6,8,10H2,1-2H3,(H,15,18). The Bertz CT molecular complexity index is 363. The van der Waals surface area contributed by atoms with Gasteiger partial charge in [-0.25, -0.2) is 4.98 Å². The van der Waals surface area contributed by atoms with Crippen LogP contribution in [0.2, 0.25) is 0 Å². The molecule has 0 saturated heterocycles. The molecule has 0 radical (unpaired) electrons. The molecule has 1 rings (SSSR count). The van der Waals surface area contributed by atoms with Gasteiger partial charge < -0.3 is 15.0 Å². The molecular weight excluding hydrogens is 230 g/mol. The van der Waals surface area contributed by atoms with Crippen molar-refractivity contribution < 1.29 is 9.90 Å². The average molecular weight is 253 g/mol. The number of aryl methyl sites for hydroxylation is 2. The number of carbonyl (C=O) groups is 1. The van der Waals surface area contributed by atoms with Crippen LogP contribution in [0.4, 0.5) is 0 Å². The lowest BCUT2D eigenvalue weighted by molar-refractivity contribution is -0.121. The van der Waals surface area contributed by atoms with Crippen LogP contribution in [0.1, 0.15) is 38.4 Å². The number of aliphatic hydroxyl groups excluding tert-OH is 1. The zero-order chi connectivity index (χ0) is 13.4. The Morgan fingerprint density at radius 3 is 2.94 bits per heavy atom. The third kappa shape index (κ3) is 5.31. The number of imidazole rings is 1. The summed E-state index contributed by atoms with van der Waals surface area (Å²) >= 11 is 0. The van der Waals surface area contributed by atoms with Crippen molar-refractivity contribution in [2.75, 3.05) is 6.61 Å². The number of aromatic nitrogens is 2. The van der Waals surface area contributed by atoms with Gasteiger partial charge in [0.15, 0.2) is 0 Å². The molecule has 1 amide bonds. The third-order valence-electron chi connectivity index (χ3n) is 2.93. The number of carbonyl (C=O) groups excluding carboxylic acids is 1. The summed E-state index contributed by atoms with van der Waals surface area (Å²) in [5.74, 6) is 1.06. The minimum absolute atomic E-state index is 0.0817. The monoisotopic (exact) mass is 253 g/mol. The molecule has 1 aromatic heterocycles. The van der Waals surface area contributed by atoms with Gasteiger partial charge in [-0.1, -0.05) is 0 Å². The van der Waals surface area contributed by atoms with Gasteiger partial charge in [-0.2, -0.15) is 0 Å². The Morgan fingerprint density at radius 1 is 1.56 bits per heavy atom. The van der Waals surface area contributed by atoms with Crippen molar-refractivity contribution in [3.8, 4) is 0 Å². The van der Waals surface area contributed by atoms with E-state index in [2.05, 4.69) is 10.3 Å². The minimum Gasteiger partial charge on any atom is -0.396 e. The van der Waals surface area contributed by atoms with Gasteiger partial charge >= 0.3 is 0 Å². The van der Waals surface area contributed by atoms with Crippen LogP contribution in [0.15, 0.2) is 12.4 Å². The Balaban J connectivity index is 2.15. The van der Waals surface area contributed by atoms with Crippen molar-refractivity contribution in [1.29, 1.82) is 0 Å². The smallest absolute Gasteiger partial charge is 0.220 e. The van der Waals surface area contributed by atoms with E-state index in [9.17, 15) is 4.79 Å². The molecule has 1 aromatic rings. The molecule has 0 saturated carbocycles. The number of aliphatic hydroxyl groups is 1. The summed E-state index contributed by atoms with van der Waals surface area (Å²) in [6.07, 6.45) is 6.60. The van der Waals surface area contributed by atoms with Crippen molar-refractivity contribution in [2.24, 2.45) is 0 Å². The van der Waals surface area contributed by atoms with Crippen LogP contribution in [-0.4, -0.2) is 33.2 Å². The lowest BCUT2D eigenvalue weighted by Gasteiger charge is -2.13. The molecule has 0 aliphatic carbocycles. The Hall–Kier alpha value is -1.36. The first kappa shape index (κ1) is 14.7. The van der Waals surface area contributed by atoms with Crippen LogP contribution in [0.3, 0.4) is 0 Å². The van der Waals surface area contributed by atoms with Gasteiger partial charge in [-0.3, -0.25) is 4.79 Å². The van der Waals surface area contributed by atoms with Crippen LogP contribution in [0.25, 0.3) is 0 Å². The third-order valence-corrected chi connectivity index (χ3v) is 2.93. The second-order valence-corrected chi connectivity index (χ2v) is 4.61. The first-order valence-corrected chi connectivity index (χ1v) is 6.51. The van der Waals surface area contributed by atoms with Gasteiger partial charge in [0.25, 0.3) is 0 Å². The summed E-state index contributed by atoms with van der Waals surface area (Å²) in [7, 11) is 0. The van der Waals surface area contributed by atoms with E-state index in [4.69, 9.17) is 5.11 Å². The van der Waals surface area contributed by atoms with Crippen LogP contribution in [-0.2, 0) is 11.3 Å². The quantitative estimate of drug-likeness (QED) is 0.732. The van der Waals surface area contributed by atoms with E-state index in [1.165, 1.54) is 0 Å². The fourth-order valence-electron chi connectivity index (χ4n) is 1.87. The van der Waals surface area contributed by atoms with E-state index >= 15 is 0 Å². The van der Waals surface area contributed by atoms with E-state index in [0.717, 1.165) is 31.6 Å². The van der Waals surface area contributed by atoms with E-state index in [-0.39, 0.29) is 18.6 Å². The first-order valence-electron chi connectivity index (χ1n) is 6.51. The molecule has 0 aliphatic heterocycles. The van der Waals surface area contributed by atoms with E-state index in [1.807, 2.05) is 24.6 Å². The van der Waals surface area contributed by atoms with Crippen LogP contribution in [0, 0.1) is 6.92 Å². The molecule has 5 heteroatoms. The second-order valence-electron chi connectivity index (χ2n) is 4.61. The number of nitrogens with zero attached hydrogens (tertiary/aromatic N) is 2. The van der Waals surface area contributed by atoms with Crippen molar-refractivity contribution >= 4 is 5.91 Å². The lowest BCUT2D eigenvalue weighted by Crippen LogP contribution is -2.32. The molecule has 1 atom stereocenters. The molecule has 5 nitrogen and oxygen atoms in total. The van der Waals surface area contributed by atoms with Crippen LogP contribution < -0.4 is 5.32 Å². The molecule has 18 heavy (non-hydrogen) atoms. The number of amides is 1. The van der Waals surface area contributed by atoms with E-state index in [0.29, 0.717) is 6.42 Å². The maximum Gasteiger partial charge on any atom is 0.220 e. The summed E-state index contributed by atoms with van der Waals surface area (Å²) in [6.45, 7) is 4.93. The molecule has 0 aliphatic rings. The number of rotatable bonds is 8. The predicted molar refractivity (Wildman–Crippen MR) is 70.1 cm³/mol. The van der Waals surface area contributed by atoms with Gasteiger partial charge in [0.1, 0.15) is 5.82 Å². The number of hydrogen-bond acceptors (Lipinski definition) is 3. The average Bonchev–Trinajstić information content (AvgIpc) is 2.72. The summed E-state index contributed by atoms with van der Waals surface area (Å²) in [5, 5.41) is 11.6. The second kappa shape index (κ2) is 7.87. The Kier molecular flexibility index (Phi) is 6.43. The Morgan fingerprint density at radius 2 is 2.33 bits per heavy atom. The highest BCUT2D eigenvalue weighted by Gasteiger charge is 2.07. The first-order chi connectivity index (χ1) is 8.63. The molecule has 1 heterocycles. The molecule has 1 unspecified atom stereocenters. The summed E-state index contributed by atoms with van der Waals surface area (Å²) in [4.78, 5) is 15.8. The molecule has 0 aromatic carbocycles. The van der Waals surface area contributed by atoms with Gasteiger partial charge in [0, 0.05) is 38.0 Å². The van der Waals surface area contributed by atoms with E-state index in [1.54, 1.807) is 6.20 Å². The molecule has 0 fully saturated rings. The largest absolute Gasteiger partial charge is 0.396 e. The molecule has 0 spiro atoms. The molecule has 102 valence electrons. The lowest BCUT2D eigenvalue weighted by atomic mass is 10.2. The fraction of sp³-hybridized carbons (Fsp3) is 0.692. The summed E-state index contributed by atoms with van der Waals surface area (Å²) in [6, 6.07) is 0.139. The van der Waals surface area contributed by atoms with Gasteiger partial charge in [-0.15, -0.1) is 0 Å². The maximum absolute atomic E-state index is 11.6. The molecular formula is C13H23N3O2. The minimum atomic E-state index is 0.0817. The maximum atomic E-state index is 11.6. The normalized spacial score (nSPS) is 12.4. The number of hydrogen-bond donors (Lipinski definition) is 2. The van der Waals surface area contributed by atoms with E-state index < -0.39 is 0 Å². The summed E-state index contributed by atoms with van der Waals surface area (Å²) < 4.78 is 2.04. The highest BCUT2D eigenvalue weighted by Crippen LogP contribution is 2.01. The van der Waals surface area contributed by atoms with Crippen molar-refractivity contribution in [3.05, 3.63) is 18.2 Å². The Labute approximate surface area is 108 Å². The number of nitrogens with one attached hydrogen (secondary N) is 1. The van der Waals surface area contributed by atoms with Gasteiger partial charge in [0.05, 0.1) is 0 Å². The van der Waals surface area contributed by atoms with Gasteiger partial charge in [0.2, 0.25) is 5.91 Å². The zero-order valence-electron chi connectivity index (χ0n) is 11.2. The summed E-state index contributed by atoms with van der Waals surface area (Å²) in [5.41, 5.74) is 0. The highest BCUT2D eigenvalue weighted by molar-refractivity contribution is 5.76. The zero-order valence-corrected chi connectivity index (χ0v) is 11.2. The van der Waals surface area contributed by atoms with Gasteiger partial charge in [-0.05, 0) is 33.1 Å². The molecule has 2 N–H and O–H groups in total. The predicted octanol–water partition coefficient (Wildman–Crippen LogP) is 1.25. The molecule has 0 bridgehead atoms. The van der Waals surface area contributed by atoms with Crippen LogP contribution >= 0.6 is 0 Å². The van der Waals surface area contributed by atoms with Crippen LogP contribution in [0.5, 0.6) is 0 Å².